The second kappa shape index (κ2) is 4.39. The van der Waals surface area contributed by atoms with Gasteiger partial charge in [-0.2, -0.15) is 0 Å². The van der Waals surface area contributed by atoms with Gasteiger partial charge in [0, 0.05) is 12.1 Å². The molecule has 3 rings (SSSR count). The molecule has 0 spiro atoms. The van der Waals surface area contributed by atoms with Crippen molar-refractivity contribution in [2.45, 2.75) is 44.3 Å². The molecule has 2 aliphatic rings. The summed E-state index contributed by atoms with van der Waals surface area (Å²) in [4.78, 5) is 13.7. The fraction of sp³-hybridized carbons (Fsp3) is 0.533. The van der Waals surface area contributed by atoms with Crippen molar-refractivity contribution < 1.29 is 9.90 Å². The van der Waals surface area contributed by atoms with E-state index in [1.807, 2.05) is 18.2 Å². The van der Waals surface area contributed by atoms with E-state index in [1.165, 1.54) is 5.56 Å². The second-order valence-electron chi connectivity index (χ2n) is 5.54. The largest absolute Gasteiger partial charge is 0.480 e. The lowest BCUT2D eigenvalue weighted by Crippen LogP contribution is -2.46. The molecular weight excluding hydrogens is 226 g/mol. The molecular formula is C15H19NO2. The first-order chi connectivity index (χ1) is 8.68. The van der Waals surface area contributed by atoms with E-state index in [4.69, 9.17) is 0 Å². The summed E-state index contributed by atoms with van der Waals surface area (Å²) in [7, 11) is 0. The van der Waals surface area contributed by atoms with Crippen molar-refractivity contribution in [2.75, 3.05) is 0 Å². The molecule has 0 radical (unpaired) electrons. The van der Waals surface area contributed by atoms with Crippen LogP contribution in [0.1, 0.15) is 37.8 Å². The number of rotatable bonds is 3. The highest BCUT2D eigenvalue weighted by atomic mass is 16.4. The number of carbonyl (C=O) groups is 1. The molecule has 0 amide bonds. The lowest BCUT2D eigenvalue weighted by atomic mass is 9.96. The van der Waals surface area contributed by atoms with Gasteiger partial charge in [0.25, 0.3) is 0 Å². The molecule has 18 heavy (non-hydrogen) atoms. The molecule has 4 atom stereocenters. The zero-order valence-electron chi connectivity index (χ0n) is 10.6. The molecule has 0 aromatic heterocycles. The third kappa shape index (κ3) is 1.74. The van der Waals surface area contributed by atoms with E-state index >= 15 is 0 Å². The minimum atomic E-state index is -0.648. The van der Waals surface area contributed by atoms with Gasteiger partial charge in [-0.15, -0.1) is 0 Å². The van der Waals surface area contributed by atoms with Crippen LogP contribution in [0, 0.1) is 5.92 Å². The number of hydrogen-bond acceptors (Lipinski definition) is 2. The van der Waals surface area contributed by atoms with Crippen LogP contribution in [0.5, 0.6) is 0 Å². The average molecular weight is 245 g/mol. The van der Waals surface area contributed by atoms with E-state index in [-0.39, 0.29) is 12.1 Å². The summed E-state index contributed by atoms with van der Waals surface area (Å²) in [6, 6.07) is 10.6. The minimum Gasteiger partial charge on any atom is -0.480 e. The first-order valence-corrected chi connectivity index (χ1v) is 6.73. The quantitative estimate of drug-likeness (QED) is 0.890. The average Bonchev–Trinajstić information content (AvgIpc) is 2.99. The summed E-state index contributed by atoms with van der Waals surface area (Å²) >= 11 is 0. The number of nitrogens with zero attached hydrogens (tertiary/aromatic N) is 1. The minimum absolute atomic E-state index is 0.197. The molecule has 3 nitrogen and oxygen atoms in total. The highest BCUT2D eigenvalue weighted by molar-refractivity contribution is 5.75. The van der Waals surface area contributed by atoms with Crippen LogP contribution in [0.15, 0.2) is 30.3 Å². The summed E-state index contributed by atoms with van der Waals surface area (Å²) in [6.45, 7) is 2.13. The Morgan fingerprint density at radius 3 is 2.72 bits per heavy atom. The van der Waals surface area contributed by atoms with Gasteiger partial charge in [0.05, 0.1) is 0 Å². The van der Waals surface area contributed by atoms with Crippen LogP contribution in [0.2, 0.25) is 0 Å². The van der Waals surface area contributed by atoms with Crippen molar-refractivity contribution in [2.24, 2.45) is 5.92 Å². The van der Waals surface area contributed by atoms with Crippen LogP contribution in [0.4, 0.5) is 0 Å². The van der Waals surface area contributed by atoms with E-state index in [1.54, 1.807) is 0 Å². The van der Waals surface area contributed by atoms with E-state index in [0.717, 1.165) is 19.3 Å². The molecule has 1 aliphatic heterocycles. The predicted octanol–water partition coefficient (Wildman–Crippen LogP) is 2.69. The molecule has 1 saturated heterocycles. The van der Waals surface area contributed by atoms with Gasteiger partial charge in [-0.05, 0) is 37.7 Å². The Bertz CT molecular complexity index is 445. The van der Waals surface area contributed by atoms with E-state index < -0.39 is 5.97 Å². The number of piperidine rings is 1. The Morgan fingerprint density at radius 1 is 1.33 bits per heavy atom. The molecule has 2 fully saturated rings. The summed E-state index contributed by atoms with van der Waals surface area (Å²) in [5.74, 6) is -0.288. The van der Waals surface area contributed by atoms with Gasteiger partial charge in [-0.3, -0.25) is 9.69 Å². The number of carboxylic acid groups (broad SMARTS) is 1. The molecule has 1 heterocycles. The molecule has 2 bridgehead atoms. The second-order valence-corrected chi connectivity index (χ2v) is 5.54. The zero-order chi connectivity index (χ0) is 12.7. The number of fused-ring (bicyclic) bond motifs is 2. The molecule has 3 heteroatoms. The lowest BCUT2D eigenvalue weighted by molar-refractivity contribution is -0.146. The van der Waals surface area contributed by atoms with Gasteiger partial charge in [0.1, 0.15) is 6.04 Å². The molecule has 4 unspecified atom stereocenters. The maximum Gasteiger partial charge on any atom is 0.321 e. The molecule has 1 aromatic carbocycles. The van der Waals surface area contributed by atoms with Gasteiger partial charge in [0.2, 0.25) is 0 Å². The Morgan fingerprint density at radius 2 is 2.06 bits per heavy atom. The van der Waals surface area contributed by atoms with Gasteiger partial charge >= 0.3 is 5.97 Å². The maximum absolute atomic E-state index is 11.5. The van der Waals surface area contributed by atoms with Crippen molar-refractivity contribution in [1.82, 2.24) is 4.90 Å². The van der Waals surface area contributed by atoms with Gasteiger partial charge in [-0.25, -0.2) is 0 Å². The van der Waals surface area contributed by atoms with Crippen LogP contribution >= 0.6 is 0 Å². The standard InChI is InChI=1S/C15H19NO2/c1-10(11-5-3-2-4-6-11)16-13-8-7-12(9-13)14(16)15(17)18/h2-6,10,12-14H,7-9H2,1H3,(H,17,18). The van der Waals surface area contributed by atoms with Crippen LogP contribution in [-0.4, -0.2) is 28.1 Å². The van der Waals surface area contributed by atoms with E-state index in [9.17, 15) is 9.90 Å². The number of aliphatic carboxylic acids is 1. The Hall–Kier alpha value is -1.35. The molecule has 1 saturated carbocycles. The number of likely N-dealkylation sites (tertiary alicyclic amines) is 1. The third-order valence-electron chi connectivity index (χ3n) is 4.62. The number of benzene rings is 1. The van der Waals surface area contributed by atoms with Crippen molar-refractivity contribution in [3.8, 4) is 0 Å². The van der Waals surface area contributed by atoms with E-state index in [0.29, 0.717) is 12.0 Å². The lowest BCUT2D eigenvalue weighted by Gasteiger charge is -2.37. The molecule has 1 aliphatic carbocycles. The monoisotopic (exact) mass is 245 g/mol. The Balaban J connectivity index is 1.89. The van der Waals surface area contributed by atoms with Crippen molar-refractivity contribution in [3.05, 3.63) is 35.9 Å². The van der Waals surface area contributed by atoms with Crippen LogP contribution in [0.3, 0.4) is 0 Å². The van der Waals surface area contributed by atoms with Crippen LogP contribution < -0.4 is 0 Å². The molecule has 1 N–H and O–H groups in total. The summed E-state index contributed by atoms with van der Waals surface area (Å²) < 4.78 is 0. The Kier molecular flexibility index (Phi) is 2.86. The predicted molar refractivity (Wildman–Crippen MR) is 69.2 cm³/mol. The summed E-state index contributed by atoms with van der Waals surface area (Å²) in [6.07, 6.45) is 3.30. The number of carboxylic acids is 1. The number of hydrogen-bond donors (Lipinski definition) is 1. The fourth-order valence-electron chi connectivity index (χ4n) is 3.81. The van der Waals surface area contributed by atoms with Gasteiger partial charge < -0.3 is 5.11 Å². The smallest absolute Gasteiger partial charge is 0.321 e. The summed E-state index contributed by atoms with van der Waals surface area (Å²) in [5.41, 5.74) is 1.22. The topological polar surface area (TPSA) is 40.5 Å². The van der Waals surface area contributed by atoms with Crippen LogP contribution in [0.25, 0.3) is 0 Å². The van der Waals surface area contributed by atoms with Gasteiger partial charge in [-0.1, -0.05) is 30.3 Å². The summed E-state index contributed by atoms with van der Waals surface area (Å²) in [5, 5.41) is 9.46. The van der Waals surface area contributed by atoms with Crippen molar-refractivity contribution in [1.29, 1.82) is 0 Å². The van der Waals surface area contributed by atoms with Crippen molar-refractivity contribution in [3.63, 3.8) is 0 Å². The van der Waals surface area contributed by atoms with E-state index in [2.05, 4.69) is 24.0 Å². The highest BCUT2D eigenvalue weighted by Crippen LogP contribution is 2.46. The van der Waals surface area contributed by atoms with Gasteiger partial charge in [0.15, 0.2) is 0 Å². The van der Waals surface area contributed by atoms with Crippen LogP contribution in [-0.2, 0) is 4.79 Å². The van der Waals surface area contributed by atoms with Crippen molar-refractivity contribution >= 4 is 5.97 Å². The SMILES string of the molecule is CC(c1ccccc1)N1C2CCC(C2)C1C(=O)O. The molecule has 96 valence electrons. The highest BCUT2D eigenvalue weighted by Gasteiger charge is 2.50. The zero-order valence-corrected chi connectivity index (χ0v) is 10.6. The maximum atomic E-state index is 11.5. The third-order valence-corrected chi connectivity index (χ3v) is 4.62. The normalized spacial score (nSPS) is 32.6. The Labute approximate surface area is 107 Å². The fourth-order valence-corrected chi connectivity index (χ4v) is 3.81. The molecule has 1 aromatic rings. The first-order valence-electron chi connectivity index (χ1n) is 6.73. The first kappa shape index (κ1) is 11.7.